The van der Waals surface area contributed by atoms with Gasteiger partial charge < -0.3 is 16.0 Å². The van der Waals surface area contributed by atoms with Crippen LogP contribution in [0.15, 0.2) is 18.3 Å². The fourth-order valence-corrected chi connectivity index (χ4v) is 2.47. The zero-order chi connectivity index (χ0) is 15.1. The van der Waals surface area contributed by atoms with Gasteiger partial charge in [-0.15, -0.1) is 0 Å². The number of amides is 3. The van der Waals surface area contributed by atoms with Gasteiger partial charge in [-0.1, -0.05) is 19.3 Å². The molecule has 2 rings (SSSR count). The van der Waals surface area contributed by atoms with E-state index in [1.165, 1.54) is 6.42 Å². The molecule has 1 heterocycles. The summed E-state index contributed by atoms with van der Waals surface area (Å²) in [6.45, 7) is 1.81. The van der Waals surface area contributed by atoms with Crippen LogP contribution in [0, 0.1) is 6.92 Å². The highest BCUT2D eigenvalue weighted by Gasteiger charge is 2.15. The number of nitrogens with zero attached hydrogens (tertiary/aromatic N) is 1. The van der Waals surface area contributed by atoms with Gasteiger partial charge in [-0.05, 0) is 31.9 Å². The summed E-state index contributed by atoms with van der Waals surface area (Å²) in [5.74, 6) is -0.251. The minimum atomic E-state index is -0.275. The van der Waals surface area contributed by atoms with E-state index in [0.29, 0.717) is 5.69 Å². The van der Waals surface area contributed by atoms with Crippen molar-refractivity contribution in [3.63, 3.8) is 0 Å². The smallest absolute Gasteiger partial charge is 0.315 e. The van der Waals surface area contributed by atoms with Gasteiger partial charge in [0, 0.05) is 23.6 Å². The minimum absolute atomic E-state index is 0.0417. The monoisotopic (exact) mass is 290 g/mol. The predicted octanol–water partition coefficient (Wildman–Crippen LogP) is 1.96. The average Bonchev–Trinajstić information content (AvgIpc) is 2.46. The molecule has 1 aliphatic carbocycles. The number of anilines is 1. The lowest BCUT2D eigenvalue weighted by Crippen LogP contribution is -2.45. The number of aryl methyl sites for hydroxylation is 1. The van der Waals surface area contributed by atoms with Gasteiger partial charge in [0.05, 0.1) is 6.54 Å². The van der Waals surface area contributed by atoms with Crippen LogP contribution in [0.4, 0.5) is 10.5 Å². The molecular weight excluding hydrogens is 268 g/mol. The summed E-state index contributed by atoms with van der Waals surface area (Å²) < 4.78 is 0. The fraction of sp³-hybridized carbons (Fsp3) is 0.533. The van der Waals surface area contributed by atoms with Gasteiger partial charge in [-0.2, -0.15) is 0 Å². The summed E-state index contributed by atoms with van der Waals surface area (Å²) >= 11 is 0. The zero-order valence-electron chi connectivity index (χ0n) is 12.3. The molecule has 0 spiro atoms. The molecule has 114 valence electrons. The van der Waals surface area contributed by atoms with E-state index in [9.17, 15) is 9.59 Å². The maximum absolute atomic E-state index is 11.7. The molecule has 1 saturated carbocycles. The lowest BCUT2D eigenvalue weighted by atomic mass is 9.96. The van der Waals surface area contributed by atoms with E-state index < -0.39 is 0 Å². The number of pyridine rings is 1. The molecule has 0 atom stereocenters. The number of rotatable bonds is 4. The van der Waals surface area contributed by atoms with Crippen LogP contribution in [-0.2, 0) is 4.79 Å². The van der Waals surface area contributed by atoms with Crippen LogP contribution in [0.1, 0.15) is 37.8 Å². The van der Waals surface area contributed by atoms with Crippen molar-refractivity contribution in [3.05, 3.63) is 24.0 Å². The van der Waals surface area contributed by atoms with Crippen molar-refractivity contribution in [2.45, 2.75) is 45.1 Å². The summed E-state index contributed by atoms with van der Waals surface area (Å²) in [4.78, 5) is 27.5. The Morgan fingerprint density at radius 2 is 2.05 bits per heavy atom. The molecule has 6 heteroatoms. The van der Waals surface area contributed by atoms with Crippen LogP contribution in [-0.4, -0.2) is 29.5 Å². The van der Waals surface area contributed by atoms with E-state index in [2.05, 4.69) is 20.9 Å². The first-order chi connectivity index (χ1) is 10.1. The van der Waals surface area contributed by atoms with E-state index in [0.717, 1.165) is 31.4 Å². The van der Waals surface area contributed by atoms with Gasteiger partial charge in [0.25, 0.3) is 0 Å². The first-order valence-electron chi connectivity index (χ1n) is 7.40. The van der Waals surface area contributed by atoms with E-state index in [4.69, 9.17) is 0 Å². The minimum Gasteiger partial charge on any atom is -0.335 e. The van der Waals surface area contributed by atoms with Crippen molar-refractivity contribution in [3.8, 4) is 0 Å². The number of carbonyl (C=O) groups is 2. The maximum Gasteiger partial charge on any atom is 0.315 e. The van der Waals surface area contributed by atoms with Crippen LogP contribution >= 0.6 is 0 Å². The summed E-state index contributed by atoms with van der Waals surface area (Å²) in [7, 11) is 0. The average molecular weight is 290 g/mol. The molecule has 0 aromatic carbocycles. The molecule has 0 saturated heterocycles. The summed E-state index contributed by atoms with van der Waals surface area (Å²) in [5, 5.41) is 8.21. The number of urea groups is 1. The fourth-order valence-electron chi connectivity index (χ4n) is 2.47. The molecule has 0 bridgehead atoms. The molecule has 1 aliphatic rings. The molecule has 1 aromatic rings. The van der Waals surface area contributed by atoms with Crippen molar-refractivity contribution in [2.75, 3.05) is 11.9 Å². The molecule has 21 heavy (non-hydrogen) atoms. The summed E-state index contributed by atoms with van der Waals surface area (Å²) in [6, 6.07) is 3.46. The third-order valence-corrected chi connectivity index (χ3v) is 3.53. The Balaban J connectivity index is 1.69. The van der Waals surface area contributed by atoms with Gasteiger partial charge in [0.2, 0.25) is 5.91 Å². The van der Waals surface area contributed by atoms with Crippen molar-refractivity contribution in [1.29, 1.82) is 0 Å². The molecule has 0 aliphatic heterocycles. The van der Waals surface area contributed by atoms with Gasteiger partial charge in [-0.3, -0.25) is 9.78 Å². The standard InChI is InChI=1S/C15H22N4O2/c1-11-9-13(7-8-16-11)18-14(20)10-17-15(21)19-12-5-3-2-4-6-12/h7-9,12H,2-6,10H2,1H3,(H,16,18,20)(H2,17,19,21). The number of hydrogen-bond acceptors (Lipinski definition) is 3. The molecule has 3 amide bonds. The van der Waals surface area contributed by atoms with Gasteiger partial charge >= 0.3 is 6.03 Å². The lowest BCUT2D eigenvalue weighted by Gasteiger charge is -2.22. The van der Waals surface area contributed by atoms with Crippen molar-refractivity contribution in [1.82, 2.24) is 15.6 Å². The van der Waals surface area contributed by atoms with E-state index in [-0.39, 0.29) is 24.5 Å². The Morgan fingerprint density at radius 3 is 2.76 bits per heavy atom. The van der Waals surface area contributed by atoms with Gasteiger partial charge in [0.1, 0.15) is 0 Å². The first-order valence-corrected chi connectivity index (χ1v) is 7.40. The molecule has 3 N–H and O–H groups in total. The van der Waals surface area contributed by atoms with Crippen LogP contribution in [0.25, 0.3) is 0 Å². The van der Waals surface area contributed by atoms with Crippen LogP contribution < -0.4 is 16.0 Å². The van der Waals surface area contributed by atoms with Gasteiger partial charge in [0.15, 0.2) is 0 Å². The van der Waals surface area contributed by atoms with Crippen LogP contribution in [0.5, 0.6) is 0 Å². The third kappa shape index (κ3) is 5.41. The van der Waals surface area contributed by atoms with Crippen LogP contribution in [0.3, 0.4) is 0 Å². The Kier molecular flexibility index (Phi) is 5.54. The Labute approximate surface area is 124 Å². The van der Waals surface area contributed by atoms with E-state index in [1.807, 2.05) is 6.92 Å². The predicted molar refractivity (Wildman–Crippen MR) is 81.0 cm³/mol. The number of hydrogen-bond donors (Lipinski definition) is 3. The van der Waals surface area contributed by atoms with Gasteiger partial charge in [-0.25, -0.2) is 4.79 Å². The SMILES string of the molecule is Cc1cc(NC(=O)CNC(=O)NC2CCCCC2)ccn1. The maximum atomic E-state index is 11.7. The van der Waals surface area contributed by atoms with E-state index >= 15 is 0 Å². The van der Waals surface area contributed by atoms with Crippen molar-refractivity contribution >= 4 is 17.6 Å². The zero-order valence-corrected chi connectivity index (χ0v) is 12.3. The molecular formula is C15H22N4O2. The number of aromatic nitrogens is 1. The normalized spacial score (nSPS) is 15.3. The molecule has 6 nitrogen and oxygen atoms in total. The number of carbonyl (C=O) groups excluding carboxylic acids is 2. The quantitative estimate of drug-likeness (QED) is 0.792. The van der Waals surface area contributed by atoms with Crippen molar-refractivity contribution < 1.29 is 9.59 Å². The molecule has 0 unspecified atom stereocenters. The third-order valence-electron chi connectivity index (χ3n) is 3.53. The first kappa shape index (κ1) is 15.3. The summed E-state index contributed by atoms with van der Waals surface area (Å²) in [5.41, 5.74) is 1.51. The van der Waals surface area contributed by atoms with Crippen molar-refractivity contribution in [2.24, 2.45) is 0 Å². The topological polar surface area (TPSA) is 83.1 Å². The highest BCUT2D eigenvalue weighted by Crippen LogP contribution is 2.17. The highest BCUT2D eigenvalue weighted by atomic mass is 16.2. The van der Waals surface area contributed by atoms with Crippen LogP contribution in [0.2, 0.25) is 0 Å². The molecule has 1 aromatic heterocycles. The Morgan fingerprint density at radius 1 is 1.29 bits per heavy atom. The molecule has 1 fully saturated rings. The second-order valence-corrected chi connectivity index (χ2v) is 5.40. The Bertz CT molecular complexity index is 498. The second-order valence-electron chi connectivity index (χ2n) is 5.40. The highest BCUT2D eigenvalue weighted by molar-refractivity contribution is 5.94. The Hall–Kier alpha value is -2.11. The summed E-state index contributed by atoms with van der Waals surface area (Å²) in [6.07, 6.45) is 7.24. The largest absolute Gasteiger partial charge is 0.335 e. The lowest BCUT2D eigenvalue weighted by molar-refractivity contribution is -0.115. The molecule has 0 radical (unpaired) electrons. The second kappa shape index (κ2) is 7.61. The van der Waals surface area contributed by atoms with E-state index in [1.54, 1.807) is 18.3 Å². The number of nitrogens with one attached hydrogen (secondary N) is 3.